The molecule has 0 radical (unpaired) electrons. The molecule has 0 atom stereocenters. The predicted molar refractivity (Wildman–Crippen MR) is 84.0 cm³/mol. The average Bonchev–Trinajstić information content (AvgIpc) is 3.20. The highest BCUT2D eigenvalue weighted by Gasteiger charge is 2.12. The molecule has 0 saturated heterocycles. The number of alkyl halides is 3. The highest BCUT2D eigenvalue weighted by molar-refractivity contribution is 6.32. The molecule has 2 heterocycles. The topological polar surface area (TPSA) is 57.8 Å². The van der Waals surface area contributed by atoms with Crippen molar-refractivity contribution in [2.24, 2.45) is 0 Å². The number of nitrogens with zero attached hydrogens (tertiary/aromatic N) is 5. The molecule has 0 unspecified atom stereocenters. The molecule has 0 saturated carbocycles. The Labute approximate surface area is 145 Å². The number of ether oxygens (including phenoxy) is 1. The van der Waals surface area contributed by atoms with Crippen LogP contribution in [-0.4, -0.2) is 37.8 Å². The first-order chi connectivity index (χ1) is 12.1. The molecule has 0 fully saturated rings. The van der Waals surface area contributed by atoms with E-state index in [2.05, 4.69) is 20.0 Å². The van der Waals surface area contributed by atoms with Crippen molar-refractivity contribution >= 4 is 11.6 Å². The van der Waals surface area contributed by atoms with Crippen molar-refractivity contribution in [3.63, 3.8) is 0 Å². The van der Waals surface area contributed by atoms with Crippen LogP contribution in [0, 0.1) is 0 Å². The van der Waals surface area contributed by atoms with Gasteiger partial charge in [-0.3, -0.25) is 4.39 Å². The Bertz CT molecular complexity index is 851. The van der Waals surface area contributed by atoms with E-state index >= 15 is 0 Å². The number of halogens is 4. The maximum absolute atomic E-state index is 12.5. The lowest BCUT2D eigenvalue weighted by Gasteiger charge is -2.08. The Morgan fingerprint density at radius 1 is 1.28 bits per heavy atom. The van der Waals surface area contributed by atoms with Crippen LogP contribution in [0.15, 0.2) is 36.8 Å². The van der Waals surface area contributed by atoms with Crippen molar-refractivity contribution < 1.29 is 17.9 Å². The van der Waals surface area contributed by atoms with Gasteiger partial charge in [-0.25, -0.2) is 9.67 Å². The lowest BCUT2D eigenvalue weighted by molar-refractivity contribution is -0.0497. The number of aromatic nitrogens is 5. The summed E-state index contributed by atoms with van der Waals surface area (Å²) >= 11 is 5.83. The van der Waals surface area contributed by atoms with Crippen LogP contribution >= 0.6 is 11.6 Å². The first kappa shape index (κ1) is 17.3. The van der Waals surface area contributed by atoms with E-state index in [1.54, 1.807) is 29.2 Å². The minimum absolute atomic E-state index is 0.0682. The molecule has 0 aliphatic heterocycles. The van der Waals surface area contributed by atoms with Crippen LogP contribution in [0.1, 0.15) is 11.5 Å². The molecule has 0 bridgehead atoms. The average molecular weight is 372 g/mol. The Kier molecular flexibility index (Phi) is 5.22. The van der Waals surface area contributed by atoms with Gasteiger partial charge in [0.25, 0.3) is 0 Å². The van der Waals surface area contributed by atoms with E-state index in [4.69, 9.17) is 11.6 Å². The third-order valence-corrected chi connectivity index (χ3v) is 3.70. The van der Waals surface area contributed by atoms with Crippen LogP contribution in [0.3, 0.4) is 0 Å². The SMILES string of the molecule is FCCc1nccn1Cc1cn(-c2ccc(Cl)c(OC(F)F)c2)nn1. The summed E-state index contributed by atoms with van der Waals surface area (Å²) < 4.78 is 44.8. The maximum atomic E-state index is 12.5. The van der Waals surface area contributed by atoms with Crippen molar-refractivity contribution in [2.45, 2.75) is 19.6 Å². The first-order valence-electron chi connectivity index (χ1n) is 7.28. The quantitative estimate of drug-likeness (QED) is 0.639. The van der Waals surface area contributed by atoms with Gasteiger partial charge in [-0.1, -0.05) is 16.8 Å². The largest absolute Gasteiger partial charge is 0.433 e. The molecular weight excluding hydrogens is 359 g/mol. The number of imidazole rings is 1. The molecule has 3 aromatic rings. The number of hydrogen-bond acceptors (Lipinski definition) is 4. The van der Waals surface area contributed by atoms with Crippen molar-refractivity contribution in [1.29, 1.82) is 0 Å². The summed E-state index contributed by atoms with van der Waals surface area (Å²) in [4.78, 5) is 4.08. The van der Waals surface area contributed by atoms with Crippen LogP contribution in [0.4, 0.5) is 13.2 Å². The third-order valence-electron chi connectivity index (χ3n) is 3.39. The summed E-state index contributed by atoms with van der Waals surface area (Å²) in [6.07, 6.45) is 5.16. The van der Waals surface area contributed by atoms with Crippen molar-refractivity contribution in [3.05, 3.63) is 53.3 Å². The number of aryl methyl sites for hydroxylation is 1. The van der Waals surface area contributed by atoms with Crippen LogP contribution < -0.4 is 4.74 Å². The zero-order valence-corrected chi connectivity index (χ0v) is 13.6. The molecule has 2 aromatic heterocycles. The van der Waals surface area contributed by atoms with Gasteiger partial charge in [-0.2, -0.15) is 8.78 Å². The zero-order valence-electron chi connectivity index (χ0n) is 12.8. The van der Waals surface area contributed by atoms with E-state index in [1.807, 2.05) is 0 Å². The molecule has 0 aliphatic rings. The smallest absolute Gasteiger partial charge is 0.387 e. The zero-order chi connectivity index (χ0) is 17.8. The number of rotatable bonds is 7. The summed E-state index contributed by atoms with van der Waals surface area (Å²) in [5.74, 6) is 0.460. The van der Waals surface area contributed by atoms with Gasteiger partial charge >= 0.3 is 6.61 Å². The van der Waals surface area contributed by atoms with Gasteiger partial charge in [-0.15, -0.1) is 5.10 Å². The Hall–Kier alpha value is -2.55. The van der Waals surface area contributed by atoms with Crippen LogP contribution in [0.25, 0.3) is 5.69 Å². The summed E-state index contributed by atoms with van der Waals surface area (Å²) in [5, 5.41) is 8.06. The second kappa shape index (κ2) is 7.56. The van der Waals surface area contributed by atoms with Crippen molar-refractivity contribution in [1.82, 2.24) is 24.5 Å². The standard InChI is InChI=1S/C15H13ClF3N5O/c16-12-2-1-11(7-13(12)25-15(18)19)24-9-10(21-22-24)8-23-6-5-20-14(23)3-4-17/h1-2,5-7,9,15H,3-4,8H2. The van der Waals surface area contributed by atoms with E-state index in [0.29, 0.717) is 23.8 Å². The van der Waals surface area contributed by atoms with E-state index < -0.39 is 13.3 Å². The second-order valence-electron chi connectivity index (χ2n) is 5.06. The van der Waals surface area contributed by atoms with Gasteiger partial charge in [0.1, 0.15) is 17.3 Å². The highest BCUT2D eigenvalue weighted by atomic mass is 35.5. The molecule has 0 N–H and O–H groups in total. The molecule has 10 heteroatoms. The van der Waals surface area contributed by atoms with E-state index in [9.17, 15) is 13.2 Å². The van der Waals surface area contributed by atoms with Gasteiger partial charge in [-0.05, 0) is 12.1 Å². The van der Waals surface area contributed by atoms with E-state index in [1.165, 1.54) is 16.8 Å². The molecule has 132 valence electrons. The normalized spacial score (nSPS) is 11.2. The molecule has 0 aliphatic carbocycles. The van der Waals surface area contributed by atoms with Crippen molar-refractivity contribution in [3.8, 4) is 11.4 Å². The monoisotopic (exact) mass is 371 g/mol. The molecule has 0 amide bonds. The van der Waals surface area contributed by atoms with Gasteiger partial charge < -0.3 is 9.30 Å². The molecule has 6 nitrogen and oxygen atoms in total. The Morgan fingerprint density at radius 2 is 2.12 bits per heavy atom. The van der Waals surface area contributed by atoms with Crippen LogP contribution in [-0.2, 0) is 13.0 Å². The Balaban J connectivity index is 1.80. The fourth-order valence-corrected chi connectivity index (χ4v) is 2.45. The molecule has 25 heavy (non-hydrogen) atoms. The fourth-order valence-electron chi connectivity index (χ4n) is 2.29. The van der Waals surface area contributed by atoms with E-state index in [0.717, 1.165) is 0 Å². The van der Waals surface area contributed by atoms with Crippen molar-refractivity contribution in [2.75, 3.05) is 6.67 Å². The minimum atomic E-state index is -2.98. The maximum Gasteiger partial charge on any atom is 0.387 e. The van der Waals surface area contributed by atoms with Gasteiger partial charge in [0.05, 0.1) is 30.1 Å². The lowest BCUT2D eigenvalue weighted by atomic mass is 10.3. The summed E-state index contributed by atoms with van der Waals surface area (Å²) in [6.45, 7) is -3.11. The summed E-state index contributed by atoms with van der Waals surface area (Å²) in [5.41, 5.74) is 1.07. The second-order valence-corrected chi connectivity index (χ2v) is 5.47. The number of hydrogen-bond donors (Lipinski definition) is 0. The highest BCUT2D eigenvalue weighted by Crippen LogP contribution is 2.28. The molecule has 1 aromatic carbocycles. The van der Waals surface area contributed by atoms with Crippen LogP contribution in [0.2, 0.25) is 5.02 Å². The van der Waals surface area contributed by atoms with E-state index in [-0.39, 0.29) is 17.2 Å². The lowest BCUT2D eigenvalue weighted by Crippen LogP contribution is -2.05. The minimum Gasteiger partial charge on any atom is -0.433 e. The Morgan fingerprint density at radius 3 is 2.88 bits per heavy atom. The third kappa shape index (κ3) is 4.11. The molecule has 0 spiro atoms. The summed E-state index contributed by atoms with van der Waals surface area (Å²) in [7, 11) is 0. The molecule has 3 rings (SSSR count). The fraction of sp³-hybridized carbons (Fsp3) is 0.267. The first-order valence-corrected chi connectivity index (χ1v) is 7.66. The van der Waals surface area contributed by atoms with Gasteiger partial charge in [0.2, 0.25) is 0 Å². The van der Waals surface area contributed by atoms with Crippen LogP contribution in [0.5, 0.6) is 5.75 Å². The van der Waals surface area contributed by atoms with Gasteiger partial charge in [0.15, 0.2) is 0 Å². The predicted octanol–water partition coefficient (Wildman–Crippen LogP) is 3.28. The van der Waals surface area contributed by atoms with Gasteiger partial charge in [0, 0.05) is 24.9 Å². The molecular formula is C15H13ClF3N5O. The number of benzene rings is 1. The summed E-state index contributed by atoms with van der Waals surface area (Å²) in [6, 6.07) is 4.38.